The Kier molecular flexibility index (Phi) is 5.70. The molecule has 7 nitrogen and oxygen atoms in total. The molecular formula is C16H16ClN3O4. The Labute approximate surface area is 143 Å². The van der Waals surface area contributed by atoms with Gasteiger partial charge in [-0.15, -0.1) is 0 Å². The van der Waals surface area contributed by atoms with Gasteiger partial charge in [0.25, 0.3) is 0 Å². The number of primary amides is 1. The largest absolute Gasteiger partial charge is 0.465 e. The van der Waals surface area contributed by atoms with E-state index < -0.39 is 17.8 Å². The lowest BCUT2D eigenvalue weighted by atomic mass is 9.89. The van der Waals surface area contributed by atoms with Crippen LogP contribution in [0.1, 0.15) is 17.3 Å². The maximum Gasteiger partial charge on any atom is 0.325 e. The zero-order valence-corrected chi connectivity index (χ0v) is 13.7. The number of aromatic nitrogens is 1. The van der Waals surface area contributed by atoms with Crippen molar-refractivity contribution in [2.45, 2.75) is 6.92 Å². The molecule has 0 aromatic carbocycles. The Bertz CT molecular complexity index is 730. The zero-order chi connectivity index (χ0) is 17.7. The second kappa shape index (κ2) is 7.74. The minimum absolute atomic E-state index is 0.0691. The Balaban J connectivity index is 2.25. The average Bonchev–Trinajstić information content (AvgIpc) is 2.54. The minimum Gasteiger partial charge on any atom is -0.465 e. The van der Waals surface area contributed by atoms with Crippen molar-refractivity contribution in [3.63, 3.8) is 0 Å². The topological polar surface area (TPSA) is 103 Å². The summed E-state index contributed by atoms with van der Waals surface area (Å²) in [5.41, 5.74) is 5.69. The molecule has 1 aliphatic heterocycles. The monoisotopic (exact) mass is 349 g/mol. The quantitative estimate of drug-likeness (QED) is 0.613. The summed E-state index contributed by atoms with van der Waals surface area (Å²) in [6, 6.07) is 1.47. The molecule has 1 aromatic rings. The molecule has 0 radical (unpaired) electrons. The number of rotatable bonds is 6. The van der Waals surface area contributed by atoms with Gasteiger partial charge in [0.05, 0.1) is 17.5 Å². The number of halogens is 1. The molecule has 1 amide bonds. The third-order valence-electron chi connectivity index (χ3n) is 3.33. The van der Waals surface area contributed by atoms with E-state index in [4.69, 9.17) is 22.1 Å². The highest BCUT2D eigenvalue weighted by Crippen LogP contribution is 2.26. The Hall–Kier alpha value is -2.67. The van der Waals surface area contributed by atoms with Crippen LogP contribution in [-0.4, -0.2) is 40.7 Å². The predicted molar refractivity (Wildman–Crippen MR) is 86.8 cm³/mol. The highest BCUT2D eigenvalue weighted by molar-refractivity contribution is 6.34. The maximum atomic E-state index is 12.6. The van der Waals surface area contributed by atoms with Crippen molar-refractivity contribution in [1.82, 2.24) is 9.88 Å². The number of carbonyl (C=O) groups excluding carboxylic acids is 3. The summed E-state index contributed by atoms with van der Waals surface area (Å²) in [5, 5.41) is 0.189. The summed E-state index contributed by atoms with van der Waals surface area (Å²) in [6.45, 7) is 1.87. The number of nitrogens with zero attached hydrogens (tertiary/aromatic N) is 2. The number of ketones is 1. The molecule has 0 spiro atoms. The van der Waals surface area contributed by atoms with Crippen LogP contribution in [0.25, 0.3) is 0 Å². The minimum atomic E-state index is -0.874. The first kappa shape index (κ1) is 17.7. The van der Waals surface area contributed by atoms with Gasteiger partial charge in [0.2, 0.25) is 5.91 Å². The number of amides is 1. The molecule has 1 aromatic heterocycles. The van der Waals surface area contributed by atoms with Crippen molar-refractivity contribution in [1.29, 1.82) is 0 Å². The van der Waals surface area contributed by atoms with E-state index in [1.165, 1.54) is 41.8 Å². The molecule has 0 bridgehead atoms. The van der Waals surface area contributed by atoms with E-state index in [9.17, 15) is 14.4 Å². The van der Waals surface area contributed by atoms with Gasteiger partial charge in [-0.3, -0.25) is 19.4 Å². The number of nitrogens with two attached hydrogens (primary N) is 1. The number of allylic oxidation sites excluding steroid dienone is 1. The highest BCUT2D eigenvalue weighted by atomic mass is 35.5. The number of esters is 1. The van der Waals surface area contributed by atoms with E-state index in [1.54, 1.807) is 6.92 Å². The van der Waals surface area contributed by atoms with Crippen LogP contribution >= 0.6 is 11.6 Å². The van der Waals surface area contributed by atoms with Crippen LogP contribution in [0.3, 0.4) is 0 Å². The summed E-state index contributed by atoms with van der Waals surface area (Å²) >= 11 is 5.98. The van der Waals surface area contributed by atoms with Gasteiger partial charge in [0, 0.05) is 35.9 Å². The van der Waals surface area contributed by atoms with Gasteiger partial charge in [0.15, 0.2) is 5.78 Å². The summed E-state index contributed by atoms with van der Waals surface area (Å²) in [4.78, 5) is 41.2. The number of pyridine rings is 1. The molecule has 8 heteroatoms. The van der Waals surface area contributed by atoms with E-state index in [-0.39, 0.29) is 35.1 Å². The summed E-state index contributed by atoms with van der Waals surface area (Å²) in [6.07, 6.45) is 7.19. The van der Waals surface area contributed by atoms with E-state index in [2.05, 4.69) is 4.98 Å². The van der Waals surface area contributed by atoms with Crippen molar-refractivity contribution < 1.29 is 19.1 Å². The van der Waals surface area contributed by atoms with Gasteiger partial charge in [0.1, 0.15) is 6.54 Å². The van der Waals surface area contributed by atoms with Crippen LogP contribution in [0.15, 0.2) is 42.5 Å². The molecule has 0 aliphatic carbocycles. The van der Waals surface area contributed by atoms with Gasteiger partial charge < -0.3 is 15.4 Å². The van der Waals surface area contributed by atoms with Gasteiger partial charge in [-0.25, -0.2) is 0 Å². The SMILES string of the molecule is CCOC(=O)CN1C=CC(C(=O)c2ccncc2Cl)C(C(N)=O)=C1. The molecule has 2 N–H and O–H groups in total. The van der Waals surface area contributed by atoms with Gasteiger partial charge >= 0.3 is 5.97 Å². The lowest BCUT2D eigenvalue weighted by Gasteiger charge is -2.24. The predicted octanol–water partition coefficient (Wildman–Crippen LogP) is 1.30. The van der Waals surface area contributed by atoms with Crippen LogP contribution in [0, 0.1) is 5.92 Å². The molecule has 0 fully saturated rings. The standard InChI is InChI=1S/C16H16ClN3O4/c1-2-24-14(21)9-20-6-4-10(12(8-20)16(18)23)15(22)11-3-5-19-7-13(11)17/h3-8,10H,2,9H2,1H3,(H2,18,23). The number of hydrogen-bond acceptors (Lipinski definition) is 6. The van der Waals surface area contributed by atoms with Crippen molar-refractivity contribution in [2.24, 2.45) is 11.7 Å². The van der Waals surface area contributed by atoms with Crippen LogP contribution < -0.4 is 5.73 Å². The van der Waals surface area contributed by atoms with E-state index in [0.717, 1.165) is 0 Å². The smallest absolute Gasteiger partial charge is 0.325 e. The molecule has 1 unspecified atom stereocenters. The molecule has 2 rings (SSSR count). The van der Waals surface area contributed by atoms with Gasteiger partial charge in [-0.1, -0.05) is 17.7 Å². The highest BCUT2D eigenvalue weighted by Gasteiger charge is 2.29. The summed E-state index contributed by atoms with van der Waals surface area (Å²) in [7, 11) is 0. The molecule has 24 heavy (non-hydrogen) atoms. The number of carbonyl (C=O) groups is 3. The Morgan fingerprint density at radius 1 is 1.42 bits per heavy atom. The average molecular weight is 350 g/mol. The lowest BCUT2D eigenvalue weighted by Crippen LogP contribution is -2.32. The zero-order valence-electron chi connectivity index (χ0n) is 12.9. The van der Waals surface area contributed by atoms with E-state index in [0.29, 0.717) is 0 Å². The van der Waals surface area contributed by atoms with Gasteiger partial charge in [-0.05, 0) is 13.0 Å². The molecule has 0 saturated heterocycles. The molecule has 1 atom stereocenters. The Morgan fingerprint density at radius 3 is 2.79 bits per heavy atom. The second-order valence-corrected chi connectivity index (χ2v) is 5.37. The van der Waals surface area contributed by atoms with Crippen molar-refractivity contribution in [3.8, 4) is 0 Å². The van der Waals surface area contributed by atoms with Crippen LogP contribution in [0.2, 0.25) is 5.02 Å². The van der Waals surface area contributed by atoms with Crippen molar-refractivity contribution in [2.75, 3.05) is 13.2 Å². The fourth-order valence-corrected chi connectivity index (χ4v) is 2.46. The van der Waals surface area contributed by atoms with Crippen molar-refractivity contribution in [3.05, 3.63) is 53.1 Å². The molecular weight excluding hydrogens is 334 g/mol. The first-order chi connectivity index (χ1) is 11.4. The number of ether oxygens (including phenoxy) is 1. The fourth-order valence-electron chi connectivity index (χ4n) is 2.24. The lowest BCUT2D eigenvalue weighted by molar-refractivity contribution is -0.143. The molecule has 126 valence electrons. The van der Waals surface area contributed by atoms with Crippen LogP contribution in [0.5, 0.6) is 0 Å². The van der Waals surface area contributed by atoms with Crippen LogP contribution in [-0.2, 0) is 14.3 Å². The van der Waals surface area contributed by atoms with Gasteiger partial charge in [-0.2, -0.15) is 0 Å². The molecule has 1 aliphatic rings. The number of Topliss-reactive ketones (excluding diaryl/α,β-unsaturated/α-hetero) is 1. The normalized spacial score (nSPS) is 16.5. The third-order valence-corrected chi connectivity index (χ3v) is 3.63. The van der Waals surface area contributed by atoms with Crippen LogP contribution in [0.4, 0.5) is 0 Å². The van der Waals surface area contributed by atoms with Crippen molar-refractivity contribution >= 4 is 29.3 Å². The van der Waals surface area contributed by atoms with E-state index >= 15 is 0 Å². The second-order valence-electron chi connectivity index (χ2n) is 4.97. The third kappa shape index (κ3) is 3.99. The molecule has 2 heterocycles. The first-order valence-corrected chi connectivity index (χ1v) is 7.56. The molecule has 0 saturated carbocycles. The van der Waals surface area contributed by atoms with E-state index in [1.807, 2.05) is 0 Å². The summed E-state index contributed by atoms with van der Waals surface area (Å²) < 4.78 is 4.85. The number of hydrogen-bond donors (Lipinski definition) is 1. The summed E-state index contributed by atoms with van der Waals surface area (Å²) in [5.74, 6) is -2.46. The fraction of sp³-hybridized carbons (Fsp3) is 0.250. The first-order valence-electron chi connectivity index (χ1n) is 7.19. The Morgan fingerprint density at radius 2 is 2.17 bits per heavy atom. The maximum absolute atomic E-state index is 12.6.